The molecule has 0 spiro atoms. The van der Waals surface area contributed by atoms with Gasteiger partial charge in [-0.15, -0.1) is 0 Å². The molecule has 1 N–H and O–H groups in total. The molecule has 0 saturated heterocycles. The fraction of sp³-hybridized carbons (Fsp3) is 0.654. The molecule has 9 heteroatoms. The third kappa shape index (κ3) is 5.55. The van der Waals surface area contributed by atoms with Crippen LogP contribution in [0.3, 0.4) is 0 Å². The lowest BCUT2D eigenvalue weighted by Crippen LogP contribution is -2.51. The second kappa shape index (κ2) is 8.91. The standard InChI is InChI=1S/C26H38N2O6S/c1-24(2,3)28(23(31)34-25(4,5)6)35(32,33)17-14-12-16(13-15-17)20-21(26(20,7)8)22(30)27-18-10-9-11-19(18)29/h12-15,18,20-21H,9-11H2,1-8H3,(H,27,30)/t18?,20-,21+/m1/s1. The predicted octanol–water partition coefficient (Wildman–Crippen LogP) is 4.39. The molecule has 2 fully saturated rings. The quantitative estimate of drug-likeness (QED) is 0.634. The lowest BCUT2D eigenvalue weighted by molar-refractivity contribution is -0.127. The van der Waals surface area contributed by atoms with E-state index in [9.17, 15) is 22.8 Å². The largest absolute Gasteiger partial charge is 0.443 e. The third-order valence-corrected chi connectivity index (χ3v) is 8.72. The molecular formula is C26H38N2O6S. The SMILES string of the molecule is CC(C)(C)OC(=O)N(C(C)(C)C)S(=O)(=O)c1ccc([C@@H]2[C@@H](C(=O)NC3CCCC3=O)C2(C)C)cc1. The van der Waals surface area contributed by atoms with Gasteiger partial charge in [0.1, 0.15) is 5.60 Å². The maximum Gasteiger partial charge on any atom is 0.424 e. The van der Waals surface area contributed by atoms with Gasteiger partial charge in [-0.3, -0.25) is 9.59 Å². The Kier molecular flexibility index (Phi) is 6.92. The highest BCUT2D eigenvalue weighted by atomic mass is 32.2. The van der Waals surface area contributed by atoms with E-state index in [1.807, 2.05) is 13.8 Å². The zero-order chi connectivity index (χ0) is 26.6. The van der Waals surface area contributed by atoms with Gasteiger partial charge in [-0.25, -0.2) is 13.2 Å². The van der Waals surface area contributed by atoms with Gasteiger partial charge in [0, 0.05) is 12.3 Å². The smallest absolute Gasteiger partial charge is 0.424 e. The van der Waals surface area contributed by atoms with Gasteiger partial charge in [0.05, 0.1) is 22.4 Å². The van der Waals surface area contributed by atoms with Crippen LogP contribution in [0.5, 0.6) is 0 Å². The van der Waals surface area contributed by atoms with E-state index in [2.05, 4.69) is 5.32 Å². The van der Waals surface area contributed by atoms with E-state index in [4.69, 9.17) is 4.74 Å². The maximum atomic E-state index is 13.5. The van der Waals surface area contributed by atoms with Gasteiger partial charge >= 0.3 is 6.09 Å². The van der Waals surface area contributed by atoms with Crippen LogP contribution >= 0.6 is 0 Å². The van der Waals surface area contributed by atoms with Crippen molar-refractivity contribution in [1.29, 1.82) is 0 Å². The van der Waals surface area contributed by atoms with Crippen LogP contribution in [0.2, 0.25) is 0 Å². The third-order valence-electron chi connectivity index (χ3n) is 6.68. The molecule has 3 rings (SSSR count). The van der Waals surface area contributed by atoms with Crippen molar-refractivity contribution < 1.29 is 27.5 Å². The molecule has 1 aromatic rings. The van der Waals surface area contributed by atoms with Gasteiger partial charge < -0.3 is 10.1 Å². The molecule has 0 heterocycles. The van der Waals surface area contributed by atoms with E-state index in [0.29, 0.717) is 12.8 Å². The van der Waals surface area contributed by atoms with E-state index < -0.39 is 33.3 Å². The number of rotatable bonds is 5. The summed E-state index contributed by atoms with van der Waals surface area (Å²) in [6, 6.07) is 5.94. The fourth-order valence-corrected chi connectivity index (χ4v) is 6.61. The van der Waals surface area contributed by atoms with Crippen molar-refractivity contribution in [1.82, 2.24) is 9.62 Å². The summed E-state index contributed by atoms with van der Waals surface area (Å²) in [4.78, 5) is 37.6. The van der Waals surface area contributed by atoms with Gasteiger partial charge in [-0.2, -0.15) is 4.31 Å². The molecule has 0 radical (unpaired) electrons. The molecular weight excluding hydrogens is 468 g/mol. The first-order valence-electron chi connectivity index (χ1n) is 12.1. The number of nitrogens with zero attached hydrogens (tertiary/aromatic N) is 1. The molecule has 2 saturated carbocycles. The molecule has 35 heavy (non-hydrogen) atoms. The van der Waals surface area contributed by atoms with Crippen LogP contribution in [0.4, 0.5) is 4.79 Å². The number of amides is 2. The Hall–Kier alpha value is -2.42. The van der Waals surface area contributed by atoms with E-state index in [1.165, 1.54) is 12.1 Å². The van der Waals surface area contributed by atoms with E-state index in [-0.39, 0.29) is 33.8 Å². The number of carbonyl (C=O) groups excluding carboxylic acids is 3. The van der Waals surface area contributed by atoms with Crippen molar-refractivity contribution in [3.63, 3.8) is 0 Å². The number of benzene rings is 1. The fourth-order valence-electron chi connectivity index (χ4n) is 4.97. The Labute approximate surface area is 208 Å². The molecule has 2 amide bonds. The van der Waals surface area contributed by atoms with Crippen molar-refractivity contribution in [3.05, 3.63) is 29.8 Å². The minimum absolute atomic E-state index is 0.0296. The minimum atomic E-state index is -4.19. The number of sulfonamides is 1. The Morgan fingerprint density at radius 2 is 1.63 bits per heavy atom. The summed E-state index contributed by atoms with van der Waals surface area (Å²) < 4.78 is 33.1. The van der Waals surface area contributed by atoms with Crippen molar-refractivity contribution in [2.24, 2.45) is 11.3 Å². The summed E-state index contributed by atoms with van der Waals surface area (Å²) in [5, 5.41) is 2.90. The lowest BCUT2D eigenvalue weighted by atomic mass is 10.0. The predicted molar refractivity (Wildman–Crippen MR) is 132 cm³/mol. The summed E-state index contributed by atoms with van der Waals surface area (Å²) in [6.45, 7) is 13.9. The van der Waals surface area contributed by atoms with Crippen molar-refractivity contribution in [3.8, 4) is 0 Å². The van der Waals surface area contributed by atoms with Crippen molar-refractivity contribution >= 4 is 27.8 Å². The van der Waals surface area contributed by atoms with Gasteiger partial charge in [0.15, 0.2) is 5.78 Å². The van der Waals surface area contributed by atoms with Crippen LogP contribution < -0.4 is 5.32 Å². The van der Waals surface area contributed by atoms with Gasteiger partial charge in [0.2, 0.25) is 5.91 Å². The average Bonchev–Trinajstić information content (AvgIpc) is 3.03. The molecule has 3 atom stereocenters. The number of Topliss-reactive ketones (excluding diaryl/α,β-unsaturated/α-hetero) is 1. The Balaban J connectivity index is 1.82. The molecule has 0 aliphatic heterocycles. The van der Waals surface area contributed by atoms with Crippen molar-refractivity contribution in [2.75, 3.05) is 0 Å². The molecule has 1 aromatic carbocycles. The van der Waals surface area contributed by atoms with Crippen LogP contribution in [0.1, 0.15) is 86.1 Å². The zero-order valence-electron chi connectivity index (χ0n) is 22.0. The first kappa shape index (κ1) is 27.2. The molecule has 0 bridgehead atoms. The highest BCUT2D eigenvalue weighted by Crippen LogP contribution is 2.64. The topological polar surface area (TPSA) is 110 Å². The number of ketones is 1. The van der Waals surface area contributed by atoms with Crippen LogP contribution in [0.25, 0.3) is 0 Å². The number of nitrogens with one attached hydrogen (secondary N) is 1. The summed E-state index contributed by atoms with van der Waals surface area (Å²) >= 11 is 0. The summed E-state index contributed by atoms with van der Waals surface area (Å²) in [5.74, 6) is -0.455. The molecule has 0 aromatic heterocycles. The summed E-state index contributed by atoms with van der Waals surface area (Å²) in [5.41, 5.74) is -1.37. The Bertz CT molecular complexity index is 1110. The Morgan fingerprint density at radius 3 is 2.09 bits per heavy atom. The molecule has 2 aliphatic rings. The second-order valence-electron chi connectivity index (χ2n) is 12.2. The highest BCUT2D eigenvalue weighted by molar-refractivity contribution is 7.89. The Morgan fingerprint density at radius 1 is 1.06 bits per heavy atom. The van der Waals surface area contributed by atoms with Crippen LogP contribution in [0.15, 0.2) is 29.2 Å². The maximum absolute atomic E-state index is 13.5. The van der Waals surface area contributed by atoms with Crippen molar-refractivity contribution in [2.45, 2.75) is 103 Å². The normalized spacial score (nSPS) is 24.1. The number of ether oxygens (including phenoxy) is 1. The minimum Gasteiger partial charge on any atom is -0.443 e. The van der Waals surface area contributed by atoms with Crippen LogP contribution in [0, 0.1) is 11.3 Å². The highest BCUT2D eigenvalue weighted by Gasteiger charge is 2.62. The van der Waals surface area contributed by atoms with E-state index in [0.717, 1.165) is 16.3 Å². The average molecular weight is 507 g/mol. The first-order valence-corrected chi connectivity index (χ1v) is 13.5. The zero-order valence-corrected chi connectivity index (χ0v) is 22.8. The van der Waals surface area contributed by atoms with Gasteiger partial charge in [-0.1, -0.05) is 26.0 Å². The second-order valence-corrected chi connectivity index (χ2v) is 14.0. The molecule has 2 aliphatic carbocycles. The molecule has 194 valence electrons. The number of hydrogen-bond donors (Lipinski definition) is 1. The number of carbonyl (C=O) groups is 3. The number of hydrogen-bond acceptors (Lipinski definition) is 6. The van der Waals surface area contributed by atoms with E-state index >= 15 is 0 Å². The summed E-state index contributed by atoms with van der Waals surface area (Å²) in [6.07, 6.45) is 1.05. The lowest BCUT2D eigenvalue weighted by Gasteiger charge is -2.35. The van der Waals surface area contributed by atoms with Gasteiger partial charge in [0.25, 0.3) is 10.0 Å². The van der Waals surface area contributed by atoms with Crippen LogP contribution in [-0.4, -0.2) is 47.7 Å². The summed E-state index contributed by atoms with van der Waals surface area (Å²) in [7, 11) is -4.19. The monoisotopic (exact) mass is 506 g/mol. The molecule has 1 unspecified atom stereocenters. The molecule has 8 nitrogen and oxygen atoms in total. The first-order chi connectivity index (χ1) is 15.9. The van der Waals surface area contributed by atoms with Crippen LogP contribution in [-0.2, 0) is 24.3 Å². The van der Waals surface area contributed by atoms with Gasteiger partial charge in [-0.05, 0) is 77.5 Å². The van der Waals surface area contributed by atoms with E-state index in [1.54, 1.807) is 53.7 Å².